The van der Waals surface area contributed by atoms with E-state index in [-0.39, 0.29) is 12.5 Å². The summed E-state index contributed by atoms with van der Waals surface area (Å²) in [5.74, 6) is -0.294. The van der Waals surface area contributed by atoms with E-state index >= 15 is 0 Å². The summed E-state index contributed by atoms with van der Waals surface area (Å²) in [7, 11) is 0. The molecule has 1 aliphatic rings. The van der Waals surface area contributed by atoms with Crippen molar-refractivity contribution < 1.29 is 9.18 Å². The summed E-state index contributed by atoms with van der Waals surface area (Å²) < 4.78 is 13.6. The maximum Gasteiger partial charge on any atom is 0.268 e. The van der Waals surface area contributed by atoms with Crippen molar-refractivity contribution in [1.82, 2.24) is 15.6 Å². The molecule has 1 saturated heterocycles. The number of amides is 1. The molecule has 1 aliphatic heterocycles. The number of rotatable bonds is 2. The molecular formula is C12H17ClFN3O. The van der Waals surface area contributed by atoms with E-state index in [0.717, 1.165) is 12.2 Å². The Kier molecular flexibility index (Phi) is 3.92. The molecule has 18 heavy (non-hydrogen) atoms. The maximum atomic E-state index is 13.6. The number of carbonyl (C=O) groups excluding carboxylic acids is 1. The number of halogens is 2. The monoisotopic (exact) mass is 273 g/mol. The second-order valence-electron chi connectivity index (χ2n) is 4.65. The van der Waals surface area contributed by atoms with Crippen LogP contribution in [0.25, 0.3) is 0 Å². The number of H-pyrrole nitrogens is 1. The number of aryl methyl sites for hydroxylation is 1. The van der Waals surface area contributed by atoms with E-state index in [9.17, 15) is 9.18 Å². The third kappa shape index (κ3) is 2.52. The molecule has 0 saturated carbocycles. The maximum absolute atomic E-state index is 13.6. The van der Waals surface area contributed by atoms with Crippen LogP contribution in [0.2, 0.25) is 5.02 Å². The number of alkyl halides is 1. The van der Waals surface area contributed by atoms with E-state index in [1.54, 1.807) is 13.8 Å². The third-order valence-corrected chi connectivity index (χ3v) is 3.86. The van der Waals surface area contributed by atoms with Crippen molar-refractivity contribution in [2.24, 2.45) is 0 Å². The number of hydrogen-bond acceptors (Lipinski definition) is 2. The fourth-order valence-corrected chi connectivity index (χ4v) is 2.32. The predicted octanol–water partition coefficient (Wildman–Crippen LogP) is 1.71. The van der Waals surface area contributed by atoms with E-state index in [4.69, 9.17) is 11.6 Å². The number of piperidine rings is 1. The first-order valence-electron chi connectivity index (χ1n) is 6.01. The number of nitrogens with one attached hydrogen (secondary N) is 3. The lowest BCUT2D eigenvalue weighted by Gasteiger charge is -2.27. The minimum atomic E-state index is -1.05. The van der Waals surface area contributed by atoms with Gasteiger partial charge in [0.05, 0.1) is 11.1 Å². The van der Waals surface area contributed by atoms with Crippen LogP contribution in [0.3, 0.4) is 0 Å². The van der Waals surface area contributed by atoms with Gasteiger partial charge < -0.3 is 15.6 Å². The lowest BCUT2D eigenvalue weighted by molar-refractivity contribution is 0.0887. The molecule has 2 rings (SSSR count). The number of hydrogen-bond donors (Lipinski definition) is 3. The summed E-state index contributed by atoms with van der Waals surface area (Å²) in [6.45, 7) is 4.58. The summed E-state index contributed by atoms with van der Waals surface area (Å²) in [6, 6.07) is -0.430. The zero-order valence-corrected chi connectivity index (χ0v) is 11.2. The minimum Gasteiger partial charge on any atom is -0.353 e. The van der Waals surface area contributed by atoms with Crippen molar-refractivity contribution in [1.29, 1.82) is 0 Å². The molecule has 0 radical (unpaired) electrons. The Balaban J connectivity index is 2.09. The molecule has 1 fully saturated rings. The van der Waals surface area contributed by atoms with Gasteiger partial charge in [-0.2, -0.15) is 0 Å². The van der Waals surface area contributed by atoms with Gasteiger partial charge in [-0.15, -0.1) is 0 Å². The van der Waals surface area contributed by atoms with Crippen molar-refractivity contribution >= 4 is 17.5 Å². The van der Waals surface area contributed by atoms with Crippen molar-refractivity contribution in [3.63, 3.8) is 0 Å². The topological polar surface area (TPSA) is 56.9 Å². The number of aromatic amines is 1. The Bertz CT molecular complexity index is 460. The molecule has 0 bridgehead atoms. The Labute approximate surface area is 110 Å². The van der Waals surface area contributed by atoms with E-state index in [1.165, 1.54) is 0 Å². The summed E-state index contributed by atoms with van der Waals surface area (Å²) >= 11 is 6.02. The van der Waals surface area contributed by atoms with Crippen LogP contribution in [0.15, 0.2) is 0 Å². The van der Waals surface area contributed by atoms with Crippen LogP contribution in [0.4, 0.5) is 4.39 Å². The average molecular weight is 274 g/mol. The van der Waals surface area contributed by atoms with Gasteiger partial charge in [0.15, 0.2) is 0 Å². The van der Waals surface area contributed by atoms with E-state index < -0.39 is 12.2 Å². The molecule has 0 spiro atoms. The Morgan fingerprint density at radius 3 is 2.78 bits per heavy atom. The molecule has 2 heterocycles. The molecule has 0 aliphatic carbocycles. The van der Waals surface area contributed by atoms with Crippen LogP contribution in [0, 0.1) is 13.8 Å². The molecule has 1 aromatic heterocycles. The fraction of sp³-hybridized carbons (Fsp3) is 0.583. The van der Waals surface area contributed by atoms with Gasteiger partial charge in [-0.3, -0.25) is 4.79 Å². The van der Waals surface area contributed by atoms with E-state index in [0.29, 0.717) is 22.7 Å². The highest BCUT2D eigenvalue weighted by molar-refractivity contribution is 6.32. The fourth-order valence-electron chi connectivity index (χ4n) is 2.18. The van der Waals surface area contributed by atoms with Gasteiger partial charge in [0.25, 0.3) is 5.91 Å². The molecule has 1 amide bonds. The number of aromatic nitrogens is 1. The summed E-state index contributed by atoms with van der Waals surface area (Å²) in [4.78, 5) is 15.0. The highest BCUT2D eigenvalue weighted by Crippen LogP contribution is 2.23. The third-order valence-electron chi connectivity index (χ3n) is 3.30. The quantitative estimate of drug-likeness (QED) is 0.768. The highest BCUT2D eigenvalue weighted by atomic mass is 35.5. The molecule has 6 heteroatoms. The molecule has 0 unspecified atom stereocenters. The summed E-state index contributed by atoms with van der Waals surface area (Å²) in [5, 5.41) is 6.23. The van der Waals surface area contributed by atoms with Gasteiger partial charge in [-0.25, -0.2) is 4.39 Å². The first-order valence-corrected chi connectivity index (χ1v) is 6.38. The molecule has 100 valence electrons. The van der Waals surface area contributed by atoms with E-state index in [2.05, 4.69) is 15.6 Å². The Morgan fingerprint density at radius 2 is 2.22 bits per heavy atom. The van der Waals surface area contributed by atoms with E-state index in [1.807, 2.05) is 0 Å². The standard InChI is InChI=1S/C12H17ClFN3O/c1-6-10(13)7(2)16-11(6)12(18)17-9-3-4-15-5-8(9)14/h8-9,15-16H,3-5H2,1-2H3,(H,17,18)/t8-,9-/m1/s1. The zero-order valence-electron chi connectivity index (χ0n) is 10.4. The van der Waals surface area contributed by atoms with Gasteiger partial charge in [0.1, 0.15) is 11.9 Å². The lowest BCUT2D eigenvalue weighted by atomic mass is 10.0. The van der Waals surface area contributed by atoms with Crippen molar-refractivity contribution in [3.8, 4) is 0 Å². The van der Waals surface area contributed by atoms with Crippen LogP contribution in [0.1, 0.15) is 28.2 Å². The predicted molar refractivity (Wildman–Crippen MR) is 68.9 cm³/mol. The molecule has 4 nitrogen and oxygen atoms in total. The molecule has 0 aromatic carbocycles. The van der Waals surface area contributed by atoms with Crippen LogP contribution >= 0.6 is 11.6 Å². The summed E-state index contributed by atoms with van der Waals surface area (Å²) in [6.07, 6.45) is -0.450. The van der Waals surface area contributed by atoms with Crippen LogP contribution in [0.5, 0.6) is 0 Å². The minimum absolute atomic E-state index is 0.286. The van der Waals surface area contributed by atoms with Gasteiger partial charge >= 0.3 is 0 Å². The first kappa shape index (κ1) is 13.4. The SMILES string of the molecule is Cc1[nH]c(C(=O)N[C@@H]2CCNC[C@H]2F)c(C)c1Cl. The smallest absolute Gasteiger partial charge is 0.268 e. The molecular weight excluding hydrogens is 257 g/mol. The first-order chi connectivity index (χ1) is 8.50. The molecule has 2 atom stereocenters. The van der Waals surface area contributed by atoms with Crippen molar-refractivity contribution in [3.05, 3.63) is 22.0 Å². The van der Waals surface area contributed by atoms with Gasteiger partial charge in [-0.05, 0) is 32.4 Å². The van der Waals surface area contributed by atoms with Crippen molar-refractivity contribution in [2.75, 3.05) is 13.1 Å². The summed E-state index contributed by atoms with van der Waals surface area (Å²) in [5.41, 5.74) is 1.88. The average Bonchev–Trinajstić information content (AvgIpc) is 2.60. The Hall–Kier alpha value is -1.07. The van der Waals surface area contributed by atoms with Gasteiger partial charge in [-0.1, -0.05) is 11.6 Å². The molecule has 3 N–H and O–H groups in total. The molecule has 1 aromatic rings. The normalized spacial score (nSPS) is 24.0. The van der Waals surface area contributed by atoms with Crippen LogP contribution < -0.4 is 10.6 Å². The van der Waals surface area contributed by atoms with Gasteiger partial charge in [0, 0.05) is 12.2 Å². The number of carbonyl (C=O) groups is 1. The van der Waals surface area contributed by atoms with Crippen LogP contribution in [-0.2, 0) is 0 Å². The van der Waals surface area contributed by atoms with Crippen molar-refractivity contribution in [2.45, 2.75) is 32.5 Å². The Morgan fingerprint density at radius 1 is 1.50 bits per heavy atom. The highest BCUT2D eigenvalue weighted by Gasteiger charge is 2.27. The lowest BCUT2D eigenvalue weighted by Crippen LogP contribution is -2.51. The second kappa shape index (κ2) is 5.28. The van der Waals surface area contributed by atoms with Crippen LogP contribution in [-0.4, -0.2) is 36.2 Å². The second-order valence-corrected chi connectivity index (χ2v) is 5.03. The zero-order chi connectivity index (χ0) is 13.3. The largest absolute Gasteiger partial charge is 0.353 e. The van der Waals surface area contributed by atoms with Gasteiger partial charge in [0.2, 0.25) is 0 Å².